The van der Waals surface area contributed by atoms with Crippen molar-refractivity contribution in [2.45, 2.75) is 19.6 Å². The summed E-state index contributed by atoms with van der Waals surface area (Å²) >= 11 is 3.39. The van der Waals surface area contributed by atoms with E-state index in [0.717, 1.165) is 29.9 Å². The third kappa shape index (κ3) is 4.71. The Bertz CT molecular complexity index is 555. The molecule has 1 heterocycles. The van der Waals surface area contributed by atoms with Crippen molar-refractivity contribution in [3.05, 3.63) is 63.9 Å². The summed E-state index contributed by atoms with van der Waals surface area (Å²) in [6, 6.07) is 14.5. The molecule has 0 bridgehead atoms. The first-order valence-electron chi connectivity index (χ1n) is 6.69. The van der Waals surface area contributed by atoms with Crippen LogP contribution in [0.4, 0.5) is 0 Å². The molecule has 20 heavy (non-hydrogen) atoms. The number of halogens is 1. The Kier molecular flexibility index (Phi) is 5.71. The average molecular weight is 334 g/mol. The predicted octanol–water partition coefficient (Wildman–Crippen LogP) is 3.20. The maximum atomic E-state index is 4.42. The number of benzene rings is 1. The van der Waals surface area contributed by atoms with Crippen LogP contribution in [0.1, 0.15) is 16.8 Å². The Morgan fingerprint density at radius 1 is 1.00 bits per heavy atom. The smallest absolute Gasteiger partial charge is 0.106 e. The molecule has 0 amide bonds. The first-order chi connectivity index (χ1) is 9.65. The summed E-state index contributed by atoms with van der Waals surface area (Å²) in [5.41, 5.74) is 3.76. The predicted molar refractivity (Wildman–Crippen MR) is 86.3 cm³/mol. The van der Waals surface area contributed by atoms with E-state index in [0.29, 0.717) is 0 Å². The van der Waals surface area contributed by atoms with Crippen LogP contribution >= 0.6 is 15.9 Å². The molecule has 0 saturated heterocycles. The van der Waals surface area contributed by atoms with Crippen molar-refractivity contribution in [1.82, 2.24) is 15.2 Å². The van der Waals surface area contributed by atoms with Crippen molar-refractivity contribution < 1.29 is 0 Å². The number of hydrogen-bond donors (Lipinski definition) is 1. The summed E-state index contributed by atoms with van der Waals surface area (Å²) in [6.45, 7) is 2.60. The lowest BCUT2D eigenvalue weighted by Gasteiger charge is -2.14. The Morgan fingerprint density at radius 2 is 1.75 bits per heavy atom. The summed E-state index contributed by atoms with van der Waals surface area (Å²) in [6.07, 6.45) is 0. The van der Waals surface area contributed by atoms with Gasteiger partial charge >= 0.3 is 0 Å². The molecule has 4 heteroatoms. The van der Waals surface area contributed by atoms with Gasteiger partial charge in [-0.25, -0.2) is 4.98 Å². The van der Waals surface area contributed by atoms with Crippen molar-refractivity contribution in [3.63, 3.8) is 0 Å². The van der Waals surface area contributed by atoms with Gasteiger partial charge in [-0.05, 0) is 53.3 Å². The fourth-order valence-corrected chi connectivity index (χ4v) is 2.48. The van der Waals surface area contributed by atoms with Crippen molar-refractivity contribution in [3.8, 4) is 0 Å². The zero-order valence-corrected chi connectivity index (χ0v) is 13.5. The second-order valence-corrected chi connectivity index (χ2v) is 5.87. The van der Waals surface area contributed by atoms with Crippen LogP contribution in [-0.2, 0) is 19.6 Å². The van der Waals surface area contributed by atoms with Crippen LogP contribution in [0.3, 0.4) is 0 Å². The van der Waals surface area contributed by atoms with E-state index in [1.807, 2.05) is 18.2 Å². The quantitative estimate of drug-likeness (QED) is 0.823. The molecule has 0 aliphatic carbocycles. The van der Waals surface area contributed by atoms with E-state index in [1.165, 1.54) is 11.1 Å². The van der Waals surface area contributed by atoms with Gasteiger partial charge in [-0.2, -0.15) is 0 Å². The van der Waals surface area contributed by atoms with E-state index in [9.17, 15) is 0 Å². The van der Waals surface area contributed by atoms with Gasteiger partial charge in [0.05, 0.1) is 5.69 Å². The monoisotopic (exact) mass is 333 g/mol. The van der Waals surface area contributed by atoms with Crippen molar-refractivity contribution in [2.75, 3.05) is 14.1 Å². The maximum Gasteiger partial charge on any atom is 0.106 e. The molecular formula is C16H20BrN3. The average Bonchev–Trinajstić information content (AvgIpc) is 2.40. The molecule has 0 unspecified atom stereocenters. The molecule has 0 saturated carbocycles. The third-order valence-electron chi connectivity index (χ3n) is 3.00. The summed E-state index contributed by atoms with van der Waals surface area (Å²) in [5, 5.41) is 3.46. The highest BCUT2D eigenvalue weighted by atomic mass is 79.9. The van der Waals surface area contributed by atoms with Gasteiger partial charge in [0.15, 0.2) is 0 Å². The molecule has 1 aromatic heterocycles. The molecule has 1 aromatic carbocycles. The van der Waals surface area contributed by atoms with Crippen LogP contribution in [0, 0.1) is 0 Å². The fraction of sp³-hybridized carbons (Fsp3) is 0.312. The lowest BCUT2D eigenvalue weighted by Crippen LogP contribution is -2.17. The molecule has 2 aromatic rings. The lowest BCUT2D eigenvalue weighted by molar-refractivity contribution is 0.400. The summed E-state index contributed by atoms with van der Waals surface area (Å²) in [7, 11) is 4.19. The van der Waals surface area contributed by atoms with Gasteiger partial charge in [-0.3, -0.25) is 0 Å². The molecule has 0 spiro atoms. The molecule has 0 aliphatic rings. The summed E-state index contributed by atoms with van der Waals surface area (Å²) < 4.78 is 0.879. The van der Waals surface area contributed by atoms with E-state index in [-0.39, 0.29) is 0 Å². The minimum Gasteiger partial charge on any atom is -0.307 e. The van der Waals surface area contributed by atoms with Gasteiger partial charge in [0.1, 0.15) is 4.60 Å². The van der Waals surface area contributed by atoms with E-state index in [1.54, 1.807) is 0 Å². The molecule has 106 valence electrons. The third-order valence-corrected chi connectivity index (χ3v) is 3.44. The Hall–Kier alpha value is -1.23. The molecule has 1 N–H and O–H groups in total. The molecule has 2 rings (SSSR count). The second-order valence-electron chi connectivity index (χ2n) is 5.06. The van der Waals surface area contributed by atoms with Crippen LogP contribution in [0.25, 0.3) is 0 Å². The van der Waals surface area contributed by atoms with Gasteiger partial charge in [-0.1, -0.05) is 30.3 Å². The SMILES string of the molecule is CN(C)Cc1ccccc1CNCc1cccc(Br)n1. The van der Waals surface area contributed by atoms with Crippen molar-refractivity contribution in [1.29, 1.82) is 0 Å². The highest BCUT2D eigenvalue weighted by Gasteiger charge is 2.03. The normalized spacial score (nSPS) is 11.0. The van der Waals surface area contributed by atoms with Crippen LogP contribution < -0.4 is 5.32 Å². The van der Waals surface area contributed by atoms with Gasteiger partial charge < -0.3 is 10.2 Å². The van der Waals surface area contributed by atoms with Gasteiger partial charge in [-0.15, -0.1) is 0 Å². The van der Waals surface area contributed by atoms with E-state index in [2.05, 4.69) is 69.5 Å². The summed E-state index contributed by atoms with van der Waals surface area (Å²) in [4.78, 5) is 6.61. The zero-order chi connectivity index (χ0) is 14.4. The van der Waals surface area contributed by atoms with Crippen molar-refractivity contribution in [2.24, 2.45) is 0 Å². The minimum atomic E-state index is 0.774. The first-order valence-corrected chi connectivity index (χ1v) is 7.48. The highest BCUT2D eigenvalue weighted by Crippen LogP contribution is 2.11. The fourth-order valence-electron chi connectivity index (χ4n) is 2.10. The standard InChI is InChI=1S/C16H20BrN3/c1-20(2)12-14-7-4-3-6-13(14)10-18-11-15-8-5-9-16(17)19-15/h3-9,18H,10-12H2,1-2H3. The largest absolute Gasteiger partial charge is 0.307 e. The van der Waals surface area contributed by atoms with Gasteiger partial charge in [0.2, 0.25) is 0 Å². The van der Waals surface area contributed by atoms with Crippen molar-refractivity contribution >= 4 is 15.9 Å². The number of nitrogens with one attached hydrogen (secondary N) is 1. The Labute approximate surface area is 129 Å². The number of nitrogens with zero attached hydrogens (tertiary/aromatic N) is 2. The Morgan fingerprint density at radius 3 is 2.45 bits per heavy atom. The number of pyridine rings is 1. The number of aromatic nitrogens is 1. The van der Waals surface area contributed by atoms with Crippen LogP contribution in [0.15, 0.2) is 47.1 Å². The van der Waals surface area contributed by atoms with E-state index < -0.39 is 0 Å². The maximum absolute atomic E-state index is 4.42. The molecule has 0 aliphatic heterocycles. The summed E-state index contributed by atoms with van der Waals surface area (Å²) in [5.74, 6) is 0. The topological polar surface area (TPSA) is 28.2 Å². The van der Waals surface area contributed by atoms with E-state index in [4.69, 9.17) is 0 Å². The highest BCUT2D eigenvalue weighted by molar-refractivity contribution is 9.10. The second kappa shape index (κ2) is 7.53. The molecule has 0 atom stereocenters. The van der Waals surface area contributed by atoms with Crippen LogP contribution in [0.2, 0.25) is 0 Å². The molecular weight excluding hydrogens is 314 g/mol. The van der Waals surface area contributed by atoms with Crippen LogP contribution in [0.5, 0.6) is 0 Å². The molecule has 0 fully saturated rings. The van der Waals surface area contributed by atoms with E-state index >= 15 is 0 Å². The number of hydrogen-bond acceptors (Lipinski definition) is 3. The minimum absolute atomic E-state index is 0.774. The molecule has 3 nitrogen and oxygen atoms in total. The number of rotatable bonds is 6. The zero-order valence-electron chi connectivity index (χ0n) is 11.9. The lowest BCUT2D eigenvalue weighted by atomic mass is 10.1. The first kappa shape index (κ1) is 15.2. The Balaban J connectivity index is 1.94. The van der Waals surface area contributed by atoms with Gasteiger partial charge in [0, 0.05) is 19.6 Å². The molecule has 0 radical (unpaired) electrons. The van der Waals surface area contributed by atoms with Crippen LogP contribution in [-0.4, -0.2) is 24.0 Å². The van der Waals surface area contributed by atoms with Gasteiger partial charge in [0.25, 0.3) is 0 Å².